The highest BCUT2D eigenvalue weighted by Crippen LogP contribution is 2.61. The molecule has 188 valence electrons. The molecule has 37 heavy (non-hydrogen) atoms. The van der Waals surface area contributed by atoms with Crippen LogP contribution in [0.15, 0.2) is 70.6 Å². The zero-order chi connectivity index (χ0) is 26.3. The Morgan fingerprint density at radius 1 is 1.05 bits per heavy atom. The number of hydrogen-bond acceptors (Lipinski definition) is 8. The molecular weight excluding hydrogens is 516 g/mol. The lowest BCUT2D eigenvalue weighted by molar-refractivity contribution is 0.0690. The van der Waals surface area contributed by atoms with Crippen LogP contribution in [0.2, 0.25) is 0 Å². The molecule has 5 N–H and O–H groups in total. The molecule has 3 heterocycles. The van der Waals surface area contributed by atoms with Crippen LogP contribution in [0.1, 0.15) is 41.6 Å². The van der Waals surface area contributed by atoms with Crippen LogP contribution in [-0.2, 0) is 6.54 Å². The highest BCUT2D eigenvalue weighted by Gasteiger charge is 2.33. The summed E-state index contributed by atoms with van der Waals surface area (Å²) < 4.78 is 22.1. The first kappa shape index (κ1) is 24.6. The fraction of sp³-hybridized carbons (Fsp3) is 0.0800. The van der Waals surface area contributed by atoms with Crippen molar-refractivity contribution in [3.05, 3.63) is 88.1 Å². The number of carboxylic acids is 1. The van der Waals surface area contributed by atoms with Crippen molar-refractivity contribution in [1.29, 1.82) is 0 Å². The molecule has 0 atom stereocenters. The number of carboxylic acid groups (broad SMARTS) is 1. The Balaban J connectivity index is 1.37. The van der Waals surface area contributed by atoms with Crippen molar-refractivity contribution >= 4 is 45.4 Å². The molecule has 4 aromatic rings. The van der Waals surface area contributed by atoms with Gasteiger partial charge >= 0.3 is 5.97 Å². The van der Waals surface area contributed by atoms with E-state index in [9.17, 15) is 23.5 Å². The minimum atomic E-state index is -3.49. The number of amides is 2. The van der Waals surface area contributed by atoms with Gasteiger partial charge in [0.05, 0.1) is 33.3 Å². The topological polar surface area (TPSA) is 162 Å². The molecule has 12 heteroatoms. The van der Waals surface area contributed by atoms with Gasteiger partial charge in [0.25, 0.3) is 11.8 Å². The van der Waals surface area contributed by atoms with Crippen molar-refractivity contribution in [3.8, 4) is 10.7 Å². The Bertz CT molecular complexity index is 1580. The molecular formula is C25H20N4O6S2. The number of fused-ring (bicyclic) bond motifs is 2. The molecule has 2 aromatic heterocycles. The largest absolute Gasteiger partial charge is 0.477 e. The van der Waals surface area contributed by atoms with Gasteiger partial charge in [-0.15, -0.1) is 21.9 Å². The third-order valence-electron chi connectivity index (χ3n) is 5.82. The lowest BCUT2D eigenvalue weighted by Crippen LogP contribution is -2.24. The number of carbonyl (C=O) groups excluding carboxylic acids is 2. The van der Waals surface area contributed by atoms with Gasteiger partial charge in [0.1, 0.15) is 10.7 Å². The number of hydrogen-bond donors (Lipinski definition) is 5. The van der Waals surface area contributed by atoms with Gasteiger partial charge in [0.15, 0.2) is 0 Å². The number of rotatable bonds is 5. The predicted octanol–water partition coefficient (Wildman–Crippen LogP) is 4.88. The fourth-order valence-corrected chi connectivity index (χ4v) is 6.51. The minimum absolute atomic E-state index is 0.0898. The maximum absolute atomic E-state index is 13.0. The monoisotopic (exact) mass is 536 g/mol. The molecule has 0 aliphatic carbocycles. The lowest BCUT2D eigenvalue weighted by atomic mass is 10.1. The van der Waals surface area contributed by atoms with Crippen LogP contribution < -0.4 is 10.6 Å². The summed E-state index contributed by atoms with van der Waals surface area (Å²) in [6, 6.07) is 13.9. The molecule has 0 fully saturated rings. The van der Waals surface area contributed by atoms with Gasteiger partial charge in [0.2, 0.25) is 0 Å². The summed E-state index contributed by atoms with van der Waals surface area (Å²) >= 11 is 1.27. The van der Waals surface area contributed by atoms with Gasteiger partial charge in [-0.1, -0.05) is 18.2 Å². The number of anilines is 1. The lowest BCUT2D eigenvalue weighted by Gasteiger charge is -2.33. The average molecular weight is 537 g/mol. The van der Waals surface area contributed by atoms with Gasteiger partial charge in [0, 0.05) is 16.6 Å². The molecule has 0 spiro atoms. The number of pyridine rings is 1. The highest BCUT2D eigenvalue weighted by molar-refractivity contribution is 8.24. The van der Waals surface area contributed by atoms with Crippen molar-refractivity contribution in [2.75, 3.05) is 5.32 Å². The number of thiazole rings is 1. The summed E-state index contributed by atoms with van der Waals surface area (Å²) in [5.41, 5.74) is 1.34. The van der Waals surface area contributed by atoms with E-state index in [-0.39, 0.29) is 38.8 Å². The maximum atomic E-state index is 13.0. The third-order valence-corrected chi connectivity index (χ3v) is 8.76. The van der Waals surface area contributed by atoms with Crippen molar-refractivity contribution in [3.63, 3.8) is 0 Å². The number of aromatic nitrogens is 2. The summed E-state index contributed by atoms with van der Waals surface area (Å²) in [5, 5.41) is 15.2. The molecule has 0 bridgehead atoms. The summed E-state index contributed by atoms with van der Waals surface area (Å²) in [6.45, 7) is 1.78. The number of nitrogens with one attached hydrogen (secondary N) is 2. The van der Waals surface area contributed by atoms with Crippen molar-refractivity contribution in [2.24, 2.45) is 0 Å². The first-order chi connectivity index (χ1) is 17.7. The van der Waals surface area contributed by atoms with Gasteiger partial charge in [-0.25, -0.2) is 14.8 Å². The smallest absolute Gasteiger partial charge is 0.354 e. The molecule has 5 rings (SSSR count). The van der Waals surface area contributed by atoms with Crippen LogP contribution in [0.3, 0.4) is 0 Å². The Hall–Kier alpha value is -4.10. The second-order valence-electron chi connectivity index (χ2n) is 8.14. The van der Waals surface area contributed by atoms with Crippen LogP contribution in [0.4, 0.5) is 5.69 Å². The van der Waals surface area contributed by atoms with Crippen LogP contribution >= 0.6 is 21.9 Å². The number of aromatic carboxylic acids is 1. The summed E-state index contributed by atoms with van der Waals surface area (Å²) in [5.74, 6) is -2.05. The van der Waals surface area contributed by atoms with E-state index in [0.29, 0.717) is 16.3 Å². The van der Waals surface area contributed by atoms with Crippen LogP contribution in [0, 0.1) is 6.92 Å². The van der Waals surface area contributed by atoms with Gasteiger partial charge < -0.3 is 15.7 Å². The van der Waals surface area contributed by atoms with E-state index in [1.807, 2.05) is 0 Å². The van der Waals surface area contributed by atoms with Crippen molar-refractivity contribution in [2.45, 2.75) is 23.3 Å². The molecule has 0 saturated heterocycles. The van der Waals surface area contributed by atoms with E-state index < -0.39 is 28.4 Å². The van der Waals surface area contributed by atoms with E-state index in [1.54, 1.807) is 37.4 Å². The van der Waals surface area contributed by atoms with Gasteiger partial charge in [-0.05, 0) is 48.9 Å². The molecule has 1 aliphatic rings. The van der Waals surface area contributed by atoms with Gasteiger partial charge in [-0.2, -0.15) is 0 Å². The van der Waals surface area contributed by atoms with E-state index in [1.165, 1.54) is 41.7 Å². The minimum Gasteiger partial charge on any atom is -0.477 e. The third kappa shape index (κ3) is 4.47. The van der Waals surface area contributed by atoms with Crippen molar-refractivity contribution in [1.82, 2.24) is 15.3 Å². The molecule has 2 amide bonds. The normalized spacial score (nSPS) is 14.5. The first-order valence-corrected chi connectivity index (χ1v) is 13.3. The molecule has 2 aromatic carbocycles. The Morgan fingerprint density at radius 2 is 1.84 bits per heavy atom. The number of carbonyl (C=O) groups is 3. The van der Waals surface area contributed by atoms with Crippen LogP contribution in [0.5, 0.6) is 0 Å². The standard InChI is InChI=1S/C25H20N4O6S2/c1-13-15(9-10-20-21(13)29-23(31)16-5-2-3-8-19(16)37(20,34)35)22(30)26-11-14-12-27-24(36-14)17-6-4-7-18(28-17)25(32)33/h2-10,12,34-35H,11H2,1H3,(H,26,30)(H,29,31)(H,32,33). The molecule has 10 nitrogen and oxygen atoms in total. The maximum Gasteiger partial charge on any atom is 0.354 e. The quantitative estimate of drug-likeness (QED) is 0.241. The zero-order valence-electron chi connectivity index (χ0n) is 19.3. The van der Waals surface area contributed by atoms with Crippen LogP contribution in [0.25, 0.3) is 10.7 Å². The second kappa shape index (κ2) is 9.41. The Kier molecular flexibility index (Phi) is 6.25. The molecule has 1 aliphatic heterocycles. The molecule has 0 unspecified atom stereocenters. The molecule has 0 saturated carbocycles. The van der Waals surface area contributed by atoms with Crippen LogP contribution in [-0.4, -0.2) is 42.0 Å². The number of benzene rings is 2. The summed E-state index contributed by atoms with van der Waals surface area (Å²) in [4.78, 5) is 46.4. The number of nitrogens with zero attached hydrogens (tertiary/aromatic N) is 2. The summed E-state index contributed by atoms with van der Waals surface area (Å²) in [6.07, 6.45) is 1.58. The predicted molar refractivity (Wildman–Crippen MR) is 138 cm³/mol. The van der Waals surface area contributed by atoms with E-state index in [4.69, 9.17) is 5.11 Å². The van der Waals surface area contributed by atoms with E-state index >= 15 is 0 Å². The Morgan fingerprint density at radius 3 is 2.62 bits per heavy atom. The fourth-order valence-electron chi connectivity index (χ4n) is 3.97. The average Bonchev–Trinajstić information content (AvgIpc) is 3.34. The zero-order valence-corrected chi connectivity index (χ0v) is 20.9. The molecule has 0 radical (unpaired) electrons. The van der Waals surface area contributed by atoms with Crippen molar-refractivity contribution < 1.29 is 28.6 Å². The highest BCUT2D eigenvalue weighted by atomic mass is 32.3. The summed E-state index contributed by atoms with van der Waals surface area (Å²) in [7, 11) is -3.49. The van der Waals surface area contributed by atoms with E-state index in [0.717, 1.165) is 4.88 Å². The second-order valence-corrected chi connectivity index (χ2v) is 11.2. The van der Waals surface area contributed by atoms with E-state index in [2.05, 4.69) is 20.6 Å². The Labute approximate surface area is 216 Å². The first-order valence-electron chi connectivity index (χ1n) is 10.9. The van der Waals surface area contributed by atoms with Gasteiger partial charge in [-0.3, -0.25) is 18.7 Å². The SMILES string of the molecule is Cc1c(C(=O)NCc2cnc(-c3cccc(C(=O)O)n3)s2)ccc2c1NC(=O)c1ccccc1S2(O)O.